The Morgan fingerprint density at radius 1 is 1.65 bits per heavy atom. The average Bonchev–Trinajstić information content (AvgIpc) is 2.73. The molecule has 2 N–H and O–H groups in total. The van der Waals surface area contributed by atoms with Crippen LogP contribution in [0.2, 0.25) is 0 Å². The van der Waals surface area contributed by atoms with Crippen LogP contribution in [-0.2, 0) is 13.0 Å². The van der Waals surface area contributed by atoms with Gasteiger partial charge < -0.3 is 10.3 Å². The predicted molar refractivity (Wildman–Crippen MR) is 62.7 cm³/mol. The number of aromatic amines is 1. The van der Waals surface area contributed by atoms with Crippen molar-refractivity contribution in [1.82, 2.24) is 19.9 Å². The summed E-state index contributed by atoms with van der Waals surface area (Å²) < 4.78 is 1.25. The Hall–Kier alpha value is -2.13. The number of rotatable bonds is 3. The smallest absolute Gasteiger partial charge is 0.277 e. The van der Waals surface area contributed by atoms with E-state index >= 15 is 0 Å². The van der Waals surface area contributed by atoms with Crippen LogP contribution in [0.3, 0.4) is 0 Å². The third kappa shape index (κ3) is 1.70. The van der Waals surface area contributed by atoms with Crippen LogP contribution in [0.1, 0.15) is 23.7 Å². The van der Waals surface area contributed by atoms with Gasteiger partial charge in [0.2, 0.25) is 0 Å². The number of hydrogen-bond acceptors (Lipinski definition) is 4. The van der Waals surface area contributed by atoms with Gasteiger partial charge in [-0.3, -0.25) is 4.79 Å². The van der Waals surface area contributed by atoms with Gasteiger partial charge in [-0.1, -0.05) is 6.92 Å². The summed E-state index contributed by atoms with van der Waals surface area (Å²) in [5.41, 5.74) is 2.18. The van der Waals surface area contributed by atoms with Crippen molar-refractivity contribution in [3.63, 3.8) is 0 Å². The Bertz CT molecular complexity index is 646. The van der Waals surface area contributed by atoms with Crippen molar-refractivity contribution in [3.8, 4) is 6.07 Å². The first-order valence-electron chi connectivity index (χ1n) is 5.39. The summed E-state index contributed by atoms with van der Waals surface area (Å²) >= 11 is 0. The van der Waals surface area contributed by atoms with Crippen LogP contribution in [-0.4, -0.2) is 21.6 Å². The van der Waals surface area contributed by atoms with E-state index in [2.05, 4.69) is 15.4 Å². The fraction of sp³-hybridized carbons (Fsp3) is 0.364. The van der Waals surface area contributed by atoms with Gasteiger partial charge in [0, 0.05) is 17.8 Å². The predicted octanol–water partition coefficient (Wildman–Crippen LogP) is 0.176. The lowest BCUT2D eigenvalue weighted by atomic mass is 10.1. The molecular weight excluding hydrogens is 218 g/mol. The van der Waals surface area contributed by atoms with Gasteiger partial charge in [0.05, 0.1) is 6.20 Å². The molecule has 17 heavy (non-hydrogen) atoms. The Labute approximate surface area is 97.9 Å². The molecule has 0 radical (unpaired) electrons. The Morgan fingerprint density at radius 3 is 3.00 bits per heavy atom. The Balaban J connectivity index is 2.81. The van der Waals surface area contributed by atoms with Crippen molar-refractivity contribution < 1.29 is 0 Å². The SMILES string of the molecule is CCc1c(CNC)[nH]c2c(C#N)cnn2c1=O. The first-order valence-corrected chi connectivity index (χ1v) is 5.39. The van der Waals surface area contributed by atoms with Gasteiger partial charge in [0.1, 0.15) is 11.6 Å². The number of hydrogen-bond donors (Lipinski definition) is 2. The maximum Gasteiger partial charge on any atom is 0.277 e. The van der Waals surface area contributed by atoms with Gasteiger partial charge in [-0.15, -0.1) is 0 Å². The van der Waals surface area contributed by atoms with E-state index < -0.39 is 0 Å². The topological polar surface area (TPSA) is 86.0 Å². The van der Waals surface area contributed by atoms with E-state index in [4.69, 9.17) is 5.26 Å². The maximum atomic E-state index is 12.1. The zero-order valence-corrected chi connectivity index (χ0v) is 9.74. The van der Waals surface area contributed by atoms with E-state index in [9.17, 15) is 4.79 Å². The number of aromatic nitrogens is 3. The molecule has 88 valence electrons. The second-order valence-corrected chi connectivity index (χ2v) is 3.70. The van der Waals surface area contributed by atoms with E-state index in [0.29, 0.717) is 29.7 Å². The third-order valence-corrected chi connectivity index (χ3v) is 2.68. The summed E-state index contributed by atoms with van der Waals surface area (Å²) in [6, 6.07) is 2.01. The zero-order chi connectivity index (χ0) is 12.4. The molecule has 2 aromatic rings. The van der Waals surface area contributed by atoms with Crippen molar-refractivity contribution in [2.45, 2.75) is 19.9 Å². The van der Waals surface area contributed by atoms with Gasteiger partial charge in [-0.25, -0.2) is 0 Å². The Kier molecular flexibility index (Phi) is 2.93. The second kappa shape index (κ2) is 4.39. The highest BCUT2D eigenvalue weighted by atomic mass is 16.1. The van der Waals surface area contributed by atoms with Gasteiger partial charge in [-0.2, -0.15) is 14.9 Å². The van der Waals surface area contributed by atoms with E-state index in [1.807, 2.05) is 20.0 Å². The molecule has 0 saturated carbocycles. The molecule has 0 amide bonds. The summed E-state index contributed by atoms with van der Waals surface area (Å²) in [5.74, 6) is 0. The van der Waals surface area contributed by atoms with Gasteiger partial charge in [0.15, 0.2) is 5.65 Å². The molecule has 0 unspecified atom stereocenters. The minimum absolute atomic E-state index is 0.159. The van der Waals surface area contributed by atoms with Crippen LogP contribution in [0.4, 0.5) is 0 Å². The van der Waals surface area contributed by atoms with Crippen LogP contribution < -0.4 is 10.9 Å². The van der Waals surface area contributed by atoms with Gasteiger partial charge in [-0.05, 0) is 13.5 Å². The number of nitrogens with zero attached hydrogens (tertiary/aromatic N) is 3. The molecule has 0 fully saturated rings. The van der Waals surface area contributed by atoms with Crippen LogP contribution in [0, 0.1) is 11.3 Å². The molecule has 0 bridgehead atoms. The number of nitrogens with one attached hydrogen (secondary N) is 2. The number of fused-ring (bicyclic) bond motifs is 1. The van der Waals surface area contributed by atoms with Crippen molar-refractivity contribution in [2.24, 2.45) is 0 Å². The van der Waals surface area contributed by atoms with Crippen LogP contribution in [0.5, 0.6) is 0 Å². The highest BCUT2D eigenvalue weighted by Crippen LogP contribution is 2.08. The highest BCUT2D eigenvalue weighted by molar-refractivity contribution is 5.54. The van der Waals surface area contributed by atoms with E-state index in [1.165, 1.54) is 10.7 Å². The molecule has 0 aromatic carbocycles. The fourth-order valence-electron chi connectivity index (χ4n) is 1.87. The average molecular weight is 231 g/mol. The van der Waals surface area contributed by atoms with Crippen molar-refractivity contribution in [3.05, 3.63) is 33.4 Å². The molecule has 0 atom stereocenters. The molecule has 2 aromatic heterocycles. The van der Waals surface area contributed by atoms with Gasteiger partial charge in [0.25, 0.3) is 5.56 Å². The van der Waals surface area contributed by atoms with E-state index in [-0.39, 0.29) is 5.56 Å². The van der Waals surface area contributed by atoms with Crippen molar-refractivity contribution in [2.75, 3.05) is 7.05 Å². The molecule has 6 nitrogen and oxygen atoms in total. The monoisotopic (exact) mass is 231 g/mol. The molecule has 2 heterocycles. The molecule has 0 spiro atoms. The molecule has 0 aliphatic carbocycles. The van der Waals surface area contributed by atoms with Crippen LogP contribution in [0.15, 0.2) is 11.0 Å². The lowest BCUT2D eigenvalue weighted by molar-refractivity contribution is 0.755. The van der Waals surface area contributed by atoms with E-state index in [0.717, 1.165) is 5.69 Å². The fourth-order valence-corrected chi connectivity index (χ4v) is 1.87. The number of nitriles is 1. The molecule has 0 aliphatic rings. The minimum Gasteiger partial charge on any atom is -0.341 e. The zero-order valence-electron chi connectivity index (χ0n) is 9.74. The normalized spacial score (nSPS) is 10.6. The van der Waals surface area contributed by atoms with Gasteiger partial charge >= 0.3 is 0 Å². The second-order valence-electron chi connectivity index (χ2n) is 3.70. The summed E-state index contributed by atoms with van der Waals surface area (Å²) in [7, 11) is 1.81. The number of H-pyrrole nitrogens is 1. The molecule has 2 rings (SSSR count). The quantitative estimate of drug-likeness (QED) is 0.788. The first-order chi connectivity index (χ1) is 8.22. The first kappa shape index (κ1) is 11.4. The summed E-state index contributed by atoms with van der Waals surface area (Å²) in [6.45, 7) is 2.48. The molecule has 0 aliphatic heterocycles. The lowest BCUT2D eigenvalue weighted by Crippen LogP contribution is -2.24. The summed E-state index contributed by atoms with van der Waals surface area (Å²) in [6.07, 6.45) is 2.03. The van der Waals surface area contributed by atoms with Crippen LogP contribution >= 0.6 is 0 Å². The minimum atomic E-state index is -0.159. The van der Waals surface area contributed by atoms with Crippen molar-refractivity contribution in [1.29, 1.82) is 5.26 Å². The summed E-state index contributed by atoms with van der Waals surface area (Å²) in [4.78, 5) is 15.2. The molecule has 0 saturated heterocycles. The molecule has 6 heteroatoms. The maximum absolute atomic E-state index is 12.1. The largest absolute Gasteiger partial charge is 0.341 e. The standard InChI is InChI=1S/C11H13N5O/c1-3-8-9(6-13-2)15-10-7(4-12)5-14-16(10)11(8)17/h5,13,15H,3,6H2,1-2H3. The third-order valence-electron chi connectivity index (χ3n) is 2.68. The van der Waals surface area contributed by atoms with Crippen LogP contribution in [0.25, 0.3) is 5.65 Å². The Morgan fingerprint density at radius 2 is 2.41 bits per heavy atom. The molecular formula is C11H13N5O. The lowest BCUT2D eigenvalue weighted by Gasteiger charge is -2.07. The highest BCUT2D eigenvalue weighted by Gasteiger charge is 2.13. The van der Waals surface area contributed by atoms with E-state index in [1.54, 1.807) is 0 Å². The van der Waals surface area contributed by atoms with Crippen molar-refractivity contribution >= 4 is 5.65 Å². The summed E-state index contributed by atoms with van der Waals surface area (Å²) in [5, 5.41) is 15.8.